The third kappa shape index (κ3) is 4.53. The standard InChI is InChI=1S/C17H23ClN4.HI/c1-12-5-8-22(9-6-12)17(19)20-7-4-13-11-21-16-3-2-14(18)10-15(13)16;/h2-3,10-12,21H,4-9H2,1H3,(H2,19,20);1H. The van der Waals surface area contributed by atoms with Gasteiger partial charge in [-0.3, -0.25) is 4.99 Å². The van der Waals surface area contributed by atoms with Crippen LogP contribution in [0, 0.1) is 5.92 Å². The predicted octanol–water partition coefficient (Wildman–Crippen LogP) is 4.03. The fourth-order valence-electron chi connectivity index (χ4n) is 2.99. The number of halogens is 2. The molecule has 2 aromatic rings. The number of guanidine groups is 1. The van der Waals surface area contributed by atoms with Gasteiger partial charge in [-0.25, -0.2) is 0 Å². The molecule has 0 spiro atoms. The van der Waals surface area contributed by atoms with Crippen molar-refractivity contribution >= 4 is 52.4 Å². The van der Waals surface area contributed by atoms with Crippen molar-refractivity contribution in [3.8, 4) is 0 Å². The van der Waals surface area contributed by atoms with Crippen LogP contribution in [0.5, 0.6) is 0 Å². The molecule has 0 radical (unpaired) electrons. The topological polar surface area (TPSA) is 57.4 Å². The van der Waals surface area contributed by atoms with E-state index >= 15 is 0 Å². The summed E-state index contributed by atoms with van der Waals surface area (Å²) in [6, 6.07) is 5.91. The molecule has 0 bridgehead atoms. The molecule has 0 saturated carbocycles. The highest BCUT2D eigenvalue weighted by molar-refractivity contribution is 14.0. The number of hydrogen-bond donors (Lipinski definition) is 2. The van der Waals surface area contributed by atoms with E-state index in [1.165, 1.54) is 23.8 Å². The van der Waals surface area contributed by atoms with E-state index in [1.54, 1.807) is 0 Å². The third-order valence-electron chi connectivity index (χ3n) is 4.49. The smallest absolute Gasteiger partial charge is 0.191 e. The maximum atomic E-state index is 6.12. The molecular formula is C17H24ClIN4. The lowest BCUT2D eigenvalue weighted by Gasteiger charge is -2.31. The van der Waals surface area contributed by atoms with E-state index < -0.39 is 0 Å². The molecule has 6 heteroatoms. The molecule has 126 valence electrons. The number of fused-ring (bicyclic) bond motifs is 1. The molecule has 1 aromatic carbocycles. The van der Waals surface area contributed by atoms with Gasteiger partial charge < -0.3 is 15.6 Å². The highest BCUT2D eigenvalue weighted by atomic mass is 127. The van der Waals surface area contributed by atoms with E-state index in [0.29, 0.717) is 12.5 Å². The Bertz CT molecular complexity index is 674. The van der Waals surface area contributed by atoms with Gasteiger partial charge in [0, 0.05) is 41.8 Å². The molecule has 23 heavy (non-hydrogen) atoms. The summed E-state index contributed by atoms with van der Waals surface area (Å²) < 4.78 is 0. The maximum Gasteiger partial charge on any atom is 0.191 e. The number of H-pyrrole nitrogens is 1. The number of aromatic amines is 1. The Morgan fingerprint density at radius 2 is 2.13 bits per heavy atom. The van der Waals surface area contributed by atoms with Gasteiger partial charge in [-0.2, -0.15) is 0 Å². The highest BCUT2D eigenvalue weighted by Gasteiger charge is 2.16. The first kappa shape index (κ1) is 18.4. The summed E-state index contributed by atoms with van der Waals surface area (Å²) in [5, 5.41) is 1.94. The zero-order valence-electron chi connectivity index (χ0n) is 13.4. The SMILES string of the molecule is CC1CCN(C(N)=NCCc2c[nH]c3ccc(Cl)cc23)CC1.I. The number of aromatic nitrogens is 1. The minimum Gasteiger partial charge on any atom is -0.370 e. The van der Waals surface area contributed by atoms with Crippen molar-refractivity contribution < 1.29 is 0 Å². The van der Waals surface area contributed by atoms with Gasteiger partial charge in [0.1, 0.15) is 0 Å². The van der Waals surface area contributed by atoms with Gasteiger partial charge in [-0.15, -0.1) is 24.0 Å². The summed E-state index contributed by atoms with van der Waals surface area (Å²) in [6.45, 7) is 5.06. The molecular weight excluding hydrogens is 423 g/mol. The number of hydrogen-bond acceptors (Lipinski definition) is 1. The molecule has 1 fully saturated rings. The first-order valence-electron chi connectivity index (χ1n) is 7.94. The number of nitrogens with two attached hydrogens (primary N) is 1. The number of nitrogens with zero attached hydrogens (tertiary/aromatic N) is 2. The van der Waals surface area contributed by atoms with Crippen LogP contribution < -0.4 is 5.73 Å². The molecule has 0 atom stereocenters. The van der Waals surface area contributed by atoms with Gasteiger partial charge in [0.15, 0.2) is 5.96 Å². The van der Waals surface area contributed by atoms with Crippen molar-refractivity contribution in [2.75, 3.05) is 19.6 Å². The minimum atomic E-state index is 0. The highest BCUT2D eigenvalue weighted by Crippen LogP contribution is 2.22. The van der Waals surface area contributed by atoms with Crippen molar-refractivity contribution in [1.29, 1.82) is 0 Å². The molecule has 0 amide bonds. The van der Waals surface area contributed by atoms with E-state index in [0.717, 1.165) is 36.0 Å². The summed E-state index contributed by atoms with van der Waals surface area (Å²) in [4.78, 5) is 10.0. The zero-order valence-corrected chi connectivity index (χ0v) is 16.5. The Kier molecular flexibility index (Phi) is 6.59. The van der Waals surface area contributed by atoms with E-state index in [1.807, 2.05) is 24.4 Å². The summed E-state index contributed by atoms with van der Waals surface area (Å²) in [5.41, 5.74) is 8.47. The monoisotopic (exact) mass is 446 g/mol. The van der Waals surface area contributed by atoms with Crippen molar-refractivity contribution in [3.05, 3.63) is 35.0 Å². The second-order valence-electron chi connectivity index (χ2n) is 6.16. The second kappa shape index (κ2) is 8.24. The minimum absolute atomic E-state index is 0. The Hall–Kier alpha value is -0.950. The molecule has 1 aliphatic heterocycles. The average Bonchev–Trinajstić information content (AvgIpc) is 2.90. The summed E-state index contributed by atoms with van der Waals surface area (Å²) in [7, 11) is 0. The van der Waals surface area contributed by atoms with E-state index in [9.17, 15) is 0 Å². The molecule has 4 nitrogen and oxygen atoms in total. The summed E-state index contributed by atoms with van der Waals surface area (Å²) in [6.07, 6.45) is 5.31. The van der Waals surface area contributed by atoms with Crippen LogP contribution in [0.25, 0.3) is 10.9 Å². The van der Waals surface area contributed by atoms with Gasteiger partial charge in [0.2, 0.25) is 0 Å². The lowest BCUT2D eigenvalue weighted by atomic mass is 10.00. The quantitative estimate of drug-likeness (QED) is 0.425. The predicted molar refractivity (Wildman–Crippen MR) is 109 cm³/mol. The Morgan fingerprint density at radius 3 is 2.87 bits per heavy atom. The normalized spacial score (nSPS) is 16.6. The van der Waals surface area contributed by atoms with Crippen LogP contribution in [0.2, 0.25) is 5.02 Å². The number of nitrogens with one attached hydrogen (secondary N) is 1. The van der Waals surface area contributed by atoms with Crippen molar-refractivity contribution in [1.82, 2.24) is 9.88 Å². The zero-order chi connectivity index (χ0) is 15.5. The molecule has 1 aromatic heterocycles. The van der Waals surface area contributed by atoms with Crippen LogP contribution in [0.4, 0.5) is 0 Å². The number of aliphatic imine (C=N–C) groups is 1. The molecule has 0 unspecified atom stereocenters. The number of likely N-dealkylation sites (tertiary alicyclic amines) is 1. The van der Waals surface area contributed by atoms with E-state index in [4.69, 9.17) is 17.3 Å². The van der Waals surface area contributed by atoms with Gasteiger partial charge >= 0.3 is 0 Å². The van der Waals surface area contributed by atoms with Crippen LogP contribution in [-0.4, -0.2) is 35.5 Å². The van der Waals surface area contributed by atoms with Gasteiger partial charge in [-0.05, 0) is 48.9 Å². The molecule has 3 N–H and O–H groups in total. The average molecular weight is 447 g/mol. The lowest BCUT2D eigenvalue weighted by molar-refractivity contribution is 0.277. The van der Waals surface area contributed by atoms with Gasteiger partial charge in [0.25, 0.3) is 0 Å². The second-order valence-corrected chi connectivity index (χ2v) is 6.60. The van der Waals surface area contributed by atoms with Gasteiger partial charge in [0.05, 0.1) is 0 Å². The van der Waals surface area contributed by atoms with Crippen LogP contribution in [0.3, 0.4) is 0 Å². The number of benzene rings is 1. The van der Waals surface area contributed by atoms with Gasteiger partial charge in [-0.1, -0.05) is 18.5 Å². The van der Waals surface area contributed by atoms with Crippen molar-refractivity contribution in [2.24, 2.45) is 16.6 Å². The van der Waals surface area contributed by atoms with E-state index in [2.05, 4.69) is 21.8 Å². The fourth-order valence-corrected chi connectivity index (χ4v) is 3.16. The number of piperidine rings is 1. The Morgan fingerprint density at radius 1 is 1.39 bits per heavy atom. The molecule has 1 saturated heterocycles. The molecule has 3 rings (SSSR count). The first-order chi connectivity index (χ1) is 10.6. The largest absolute Gasteiger partial charge is 0.370 e. The first-order valence-corrected chi connectivity index (χ1v) is 8.31. The molecule has 1 aliphatic rings. The maximum absolute atomic E-state index is 6.12. The Balaban J connectivity index is 0.00000192. The third-order valence-corrected chi connectivity index (χ3v) is 4.73. The summed E-state index contributed by atoms with van der Waals surface area (Å²) >= 11 is 6.08. The van der Waals surface area contributed by atoms with Crippen LogP contribution >= 0.6 is 35.6 Å². The molecule has 0 aliphatic carbocycles. The van der Waals surface area contributed by atoms with Crippen LogP contribution in [0.15, 0.2) is 29.4 Å². The van der Waals surface area contributed by atoms with E-state index in [-0.39, 0.29) is 24.0 Å². The Labute approximate surface area is 159 Å². The van der Waals surface area contributed by atoms with Crippen molar-refractivity contribution in [2.45, 2.75) is 26.2 Å². The van der Waals surface area contributed by atoms with Crippen molar-refractivity contribution in [3.63, 3.8) is 0 Å². The lowest BCUT2D eigenvalue weighted by Crippen LogP contribution is -2.42. The molecule has 2 heterocycles. The van der Waals surface area contributed by atoms with Crippen LogP contribution in [-0.2, 0) is 6.42 Å². The van der Waals surface area contributed by atoms with Crippen LogP contribution in [0.1, 0.15) is 25.3 Å². The fraction of sp³-hybridized carbons (Fsp3) is 0.471. The number of rotatable bonds is 3. The summed E-state index contributed by atoms with van der Waals surface area (Å²) in [5.74, 6) is 1.49.